The van der Waals surface area contributed by atoms with Crippen LogP contribution < -0.4 is 0 Å². The molecule has 1 heterocycles. The highest BCUT2D eigenvalue weighted by molar-refractivity contribution is 5.66. The van der Waals surface area contributed by atoms with Gasteiger partial charge >= 0.3 is 0 Å². The minimum absolute atomic E-state index is 0.265. The lowest BCUT2D eigenvalue weighted by molar-refractivity contribution is 0.146. The summed E-state index contributed by atoms with van der Waals surface area (Å²) >= 11 is 0. The molecule has 0 saturated carbocycles. The fourth-order valence-electron chi connectivity index (χ4n) is 1.65. The van der Waals surface area contributed by atoms with Gasteiger partial charge in [0.25, 0.3) is 6.43 Å². The van der Waals surface area contributed by atoms with Crippen LogP contribution in [0.4, 0.5) is 13.2 Å². The van der Waals surface area contributed by atoms with Crippen LogP contribution in [0.15, 0.2) is 24.4 Å². The van der Waals surface area contributed by atoms with Gasteiger partial charge in [0.1, 0.15) is 11.5 Å². The van der Waals surface area contributed by atoms with Crippen LogP contribution in [-0.4, -0.2) is 9.78 Å². The highest BCUT2D eigenvalue weighted by atomic mass is 19.3. The van der Waals surface area contributed by atoms with E-state index in [1.165, 1.54) is 16.9 Å². The Morgan fingerprint density at radius 2 is 2.00 bits per heavy atom. The first-order valence-electron chi connectivity index (χ1n) is 5.07. The lowest BCUT2D eigenvalue weighted by Crippen LogP contribution is -1.92. The third-order valence-electron chi connectivity index (χ3n) is 2.55. The molecule has 0 bridgehead atoms. The molecule has 0 amide bonds. The number of rotatable bonds is 2. The summed E-state index contributed by atoms with van der Waals surface area (Å²) in [5.41, 5.74) is 0.838. The molecule has 0 unspecified atom stereocenters. The van der Waals surface area contributed by atoms with Crippen molar-refractivity contribution in [3.05, 3.63) is 41.5 Å². The van der Waals surface area contributed by atoms with E-state index in [2.05, 4.69) is 5.10 Å². The third kappa shape index (κ3) is 2.18. The summed E-state index contributed by atoms with van der Waals surface area (Å²) < 4.78 is 40.2. The Morgan fingerprint density at radius 1 is 1.29 bits per heavy atom. The number of hydrogen-bond donors (Lipinski definition) is 0. The van der Waals surface area contributed by atoms with Crippen molar-refractivity contribution in [3.8, 4) is 11.1 Å². The van der Waals surface area contributed by atoms with Crippen LogP contribution in [0.1, 0.15) is 17.7 Å². The summed E-state index contributed by atoms with van der Waals surface area (Å²) in [6.45, 7) is 1.62. The number of halogens is 3. The predicted octanol–water partition coefficient (Wildman–Crippen LogP) is 3.47. The zero-order valence-electron chi connectivity index (χ0n) is 9.42. The standard InChI is InChI=1S/C12H11F3N2/c1-7-3-4-8(5-10(7)13)9-6-17(2)16-11(9)12(14)15/h3-6,12H,1-2H3. The second-order valence-corrected chi connectivity index (χ2v) is 3.87. The zero-order valence-corrected chi connectivity index (χ0v) is 9.42. The monoisotopic (exact) mass is 240 g/mol. The molecule has 0 aliphatic rings. The van der Waals surface area contributed by atoms with E-state index in [4.69, 9.17) is 0 Å². The molecule has 2 nitrogen and oxygen atoms in total. The summed E-state index contributed by atoms with van der Waals surface area (Å²) in [5.74, 6) is -0.411. The molecule has 17 heavy (non-hydrogen) atoms. The van der Waals surface area contributed by atoms with Gasteiger partial charge in [0.05, 0.1) is 0 Å². The van der Waals surface area contributed by atoms with Crippen LogP contribution in [0, 0.1) is 12.7 Å². The Hall–Kier alpha value is -1.78. The SMILES string of the molecule is Cc1ccc(-c2cn(C)nc2C(F)F)cc1F. The molecule has 0 spiro atoms. The van der Waals surface area contributed by atoms with Crippen molar-refractivity contribution in [2.24, 2.45) is 7.05 Å². The van der Waals surface area contributed by atoms with Gasteiger partial charge in [-0.3, -0.25) is 4.68 Å². The van der Waals surface area contributed by atoms with Gasteiger partial charge in [0, 0.05) is 18.8 Å². The first-order valence-corrected chi connectivity index (χ1v) is 5.07. The van der Waals surface area contributed by atoms with E-state index in [1.54, 1.807) is 26.1 Å². The second kappa shape index (κ2) is 4.24. The average Bonchev–Trinajstić information content (AvgIpc) is 2.64. The first kappa shape index (κ1) is 11.7. The lowest BCUT2D eigenvalue weighted by atomic mass is 10.0. The van der Waals surface area contributed by atoms with Crippen molar-refractivity contribution in [2.75, 3.05) is 0 Å². The summed E-state index contributed by atoms with van der Waals surface area (Å²) in [6.07, 6.45) is -1.21. The zero-order chi connectivity index (χ0) is 12.6. The molecule has 2 rings (SSSR count). The van der Waals surface area contributed by atoms with Gasteiger partial charge in [0.15, 0.2) is 0 Å². The van der Waals surface area contributed by atoms with Crippen LogP contribution in [-0.2, 0) is 7.05 Å². The van der Waals surface area contributed by atoms with Crippen molar-refractivity contribution in [2.45, 2.75) is 13.3 Å². The lowest BCUT2D eigenvalue weighted by Gasteiger charge is -2.03. The molecule has 0 aliphatic heterocycles. The molecule has 5 heteroatoms. The van der Waals surface area contributed by atoms with Crippen LogP contribution in [0.25, 0.3) is 11.1 Å². The minimum Gasteiger partial charge on any atom is -0.275 e. The van der Waals surface area contributed by atoms with Crippen LogP contribution in [0.2, 0.25) is 0 Å². The van der Waals surface area contributed by atoms with Gasteiger partial charge < -0.3 is 0 Å². The number of alkyl halides is 2. The van der Waals surface area contributed by atoms with Gasteiger partial charge in [-0.05, 0) is 24.1 Å². The van der Waals surface area contributed by atoms with Gasteiger partial charge in [-0.2, -0.15) is 5.10 Å². The van der Waals surface area contributed by atoms with Gasteiger partial charge in [0.2, 0.25) is 0 Å². The van der Waals surface area contributed by atoms with Gasteiger partial charge in [-0.15, -0.1) is 0 Å². The Morgan fingerprint density at radius 3 is 2.59 bits per heavy atom. The topological polar surface area (TPSA) is 17.8 Å². The van der Waals surface area contributed by atoms with E-state index < -0.39 is 12.2 Å². The molecule has 0 atom stereocenters. The van der Waals surface area contributed by atoms with Crippen molar-refractivity contribution in [1.82, 2.24) is 9.78 Å². The summed E-state index contributed by atoms with van der Waals surface area (Å²) in [6, 6.07) is 4.42. The van der Waals surface area contributed by atoms with E-state index in [-0.39, 0.29) is 11.3 Å². The van der Waals surface area contributed by atoms with E-state index in [0.29, 0.717) is 11.1 Å². The Bertz CT molecular complexity index is 547. The van der Waals surface area contributed by atoms with Crippen molar-refractivity contribution in [1.29, 1.82) is 0 Å². The minimum atomic E-state index is -2.67. The number of hydrogen-bond acceptors (Lipinski definition) is 1. The maximum atomic E-state index is 13.4. The summed E-state index contributed by atoms with van der Waals surface area (Å²) in [5, 5.41) is 3.68. The fourth-order valence-corrected chi connectivity index (χ4v) is 1.65. The highest BCUT2D eigenvalue weighted by Crippen LogP contribution is 2.30. The van der Waals surface area contributed by atoms with Crippen molar-refractivity contribution >= 4 is 0 Å². The Labute approximate surface area is 96.7 Å². The summed E-state index contributed by atoms with van der Waals surface area (Å²) in [4.78, 5) is 0. The quantitative estimate of drug-likeness (QED) is 0.785. The van der Waals surface area contributed by atoms with Crippen LogP contribution in [0.3, 0.4) is 0 Å². The third-order valence-corrected chi connectivity index (χ3v) is 2.55. The maximum Gasteiger partial charge on any atom is 0.282 e. The van der Waals surface area contributed by atoms with E-state index in [1.807, 2.05) is 0 Å². The molecule has 1 aromatic carbocycles. The molecule has 0 aliphatic carbocycles. The molecule has 0 radical (unpaired) electrons. The molecule has 0 saturated heterocycles. The van der Waals surface area contributed by atoms with Crippen molar-refractivity contribution < 1.29 is 13.2 Å². The fraction of sp³-hybridized carbons (Fsp3) is 0.250. The van der Waals surface area contributed by atoms with E-state index in [0.717, 1.165) is 0 Å². The number of aromatic nitrogens is 2. The van der Waals surface area contributed by atoms with Crippen LogP contribution in [0.5, 0.6) is 0 Å². The van der Waals surface area contributed by atoms with Crippen molar-refractivity contribution in [3.63, 3.8) is 0 Å². The highest BCUT2D eigenvalue weighted by Gasteiger charge is 2.19. The number of nitrogens with zero attached hydrogens (tertiary/aromatic N) is 2. The molecular weight excluding hydrogens is 229 g/mol. The van der Waals surface area contributed by atoms with Gasteiger partial charge in [-0.1, -0.05) is 12.1 Å². The molecule has 2 aromatic rings. The largest absolute Gasteiger partial charge is 0.282 e. The van der Waals surface area contributed by atoms with Gasteiger partial charge in [-0.25, -0.2) is 13.2 Å². The Kier molecular flexibility index (Phi) is 2.92. The average molecular weight is 240 g/mol. The van der Waals surface area contributed by atoms with E-state index >= 15 is 0 Å². The number of aryl methyl sites for hydroxylation is 2. The van der Waals surface area contributed by atoms with E-state index in [9.17, 15) is 13.2 Å². The van der Waals surface area contributed by atoms with Crippen LogP contribution >= 0.6 is 0 Å². The molecule has 0 fully saturated rings. The molecule has 0 N–H and O–H groups in total. The molecule has 1 aromatic heterocycles. The first-order chi connectivity index (χ1) is 7.99. The maximum absolute atomic E-state index is 13.4. The normalized spacial score (nSPS) is 11.2. The Balaban J connectivity index is 2.55. The number of benzene rings is 1. The molecule has 90 valence electrons. The smallest absolute Gasteiger partial charge is 0.275 e. The predicted molar refractivity (Wildman–Crippen MR) is 58.3 cm³/mol. The molecular formula is C12H11F3N2. The second-order valence-electron chi connectivity index (χ2n) is 3.87. The summed E-state index contributed by atoms with van der Waals surface area (Å²) in [7, 11) is 1.56.